The molecule has 0 spiro atoms. The van der Waals surface area contributed by atoms with E-state index in [0.29, 0.717) is 16.8 Å². The van der Waals surface area contributed by atoms with Crippen molar-refractivity contribution in [2.75, 3.05) is 5.32 Å². The Kier molecular flexibility index (Phi) is 4.88. The molecule has 0 unspecified atom stereocenters. The van der Waals surface area contributed by atoms with Gasteiger partial charge >= 0.3 is 0 Å². The van der Waals surface area contributed by atoms with Crippen molar-refractivity contribution in [1.29, 1.82) is 0 Å². The fourth-order valence-corrected chi connectivity index (χ4v) is 5.32. The van der Waals surface area contributed by atoms with E-state index in [0.717, 1.165) is 29.1 Å². The van der Waals surface area contributed by atoms with Crippen LogP contribution in [0.5, 0.6) is 0 Å². The van der Waals surface area contributed by atoms with E-state index in [-0.39, 0.29) is 16.8 Å². The number of rotatable bonds is 6. The maximum absolute atomic E-state index is 12.8. The topological polar surface area (TPSA) is 92.6 Å². The van der Waals surface area contributed by atoms with Gasteiger partial charge in [-0.05, 0) is 49.6 Å². The lowest BCUT2D eigenvalue weighted by Gasteiger charge is -2.11. The zero-order chi connectivity index (χ0) is 21.6. The molecule has 158 valence electrons. The van der Waals surface area contributed by atoms with E-state index in [9.17, 15) is 13.2 Å². The molecule has 0 atom stereocenters. The number of carbonyl (C=O) groups is 1. The summed E-state index contributed by atoms with van der Waals surface area (Å²) in [7, 11) is -3.62. The molecule has 2 heterocycles. The number of anilines is 1. The van der Waals surface area contributed by atoms with Crippen molar-refractivity contribution in [1.82, 2.24) is 14.1 Å². The molecule has 1 amide bonds. The third-order valence-corrected chi connectivity index (χ3v) is 7.48. The average Bonchev–Trinajstić information content (AvgIpc) is 3.27. The Morgan fingerprint density at radius 3 is 2.65 bits per heavy atom. The molecule has 9 heteroatoms. The van der Waals surface area contributed by atoms with Crippen molar-refractivity contribution in [2.45, 2.75) is 30.7 Å². The molecule has 2 aromatic carbocycles. The van der Waals surface area contributed by atoms with Crippen LogP contribution in [0.3, 0.4) is 0 Å². The van der Waals surface area contributed by atoms with Gasteiger partial charge in [0.25, 0.3) is 5.91 Å². The predicted molar refractivity (Wildman–Crippen MR) is 121 cm³/mol. The smallest absolute Gasteiger partial charge is 0.255 e. The molecule has 0 saturated heterocycles. The Bertz CT molecular complexity index is 1360. The molecule has 0 radical (unpaired) electrons. The van der Waals surface area contributed by atoms with Gasteiger partial charge in [-0.3, -0.25) is 9.20 Å². The van der Waals surface area contributed by atoms with Crippen LogP contribution in [0, 0.1) is 6.92 Å². The minimum Gasteiger partial charge on any atom is -0.322 e. The lowest BCUT2D eigenvalue weighted by Crippen LogP contribution is -2.26. The van der Waals surface area contributed by atoms with Crippen molar-refractivity contribution in [3.05, 3.63) is 71.4 Å². The molecular weight excluding hydrogens is 432 g/mol. The van der Waals surface area contributed by atoms with E-state index < -0.39 is 10.0 Å². The van der Waals surface area contributed by atoms with Crippen LogP contribution in [-0.4, -0.2) is 29.8 Å². The van der Waals surface area contributed by atoms with Crippen molar-refractivity contribution < 1.29 is 13.2 Å². The van der Waals surface area contributed by atoms with Gasteiger partial charge < -0.3 is 5.32 Å². The minimum atomic E-state index is -3.62. The van der Waals surface area contributed by atoms with E-state index in [1.165, 1.54) is 12.1 Å². The molecule has 7 nitrogen and oxygen atoms in total. The van der Waals surface area contributed by atoms with Crippen LogP contribution in [0.4, 0.5) is 5.69 Å². The van der Waals surface area contributed by atoms with Gasteiger partial charge in [0.05, 0.1) is 10.6 Å². The van der Waals surface area contributed by atoms with Gasteiger partial charge in [-0.15, -0.1) is 11.3 Å². The highest BCUT2D eigenvalue weighted by Crippen LogP contribution is 2.25. The number of nitrogens with one attached hydrogen (secondary N) is 2. The van der Waals surface area contributed by atoms with Gasteiger partial charge in [0.1, 0.15) is 0 Å². The monoisotopic (exact) mass is 452 g/mol. The number of nitrogens with zero attached hydrogens (tertiary/aromatic N) is 2. The molecule has 2 N–H and O–H groups in total. The summed E-state index contributed by atoms with van der Waals surface area (Å²) in [6.45, 7) is 1.78. The van der Waals surface area contributed by atoms with Gasteiger partial charge in [0.2, 0.25) is 10.0 Å². The Morgan fingerprint density at radius 1 is 1.16 bits per heavy atom. The molecule has 5 rings (SSSR count). The van der Waals surface area contributed by atoms with Crippen LogP contribution in [0.1, 0.15) is 28.8 Å². The van der Waals surface area contributed by atoms with E-state index in [1.54, 1.807) is 24.3 Å². The number of sulfonamides is 1. The summed E-state index contributed by atoms with van der Waals surface area (Å²) in [6.07, 6.45) is 5.63. The van der Waals surface area contributed by atoms with E-state index in [1.807, 2.05) is 46.4 Å². The van der Waals surface area contributed by atoms with Crippen LogP contribution in [-0.2, 0) is 10.0 Å². The minimum absolute atomic E-state index is 0.00759. The lowest BCUT2D eigenvalue weighted by molar-refractivity contribution is 0.102. The average molecular weight is 453 g/mol. The fraction of sp³-hybridized carbons (Fsp3) is 0.182. The summed E-state index contributed by atoms with van der Waals surface area (Å²) in [5, 5.41) is 4.83. The Balaban J connectivity index is 1.34. The first-order valence-electron chi connectivity index (χ1n) is 9.86. The number of aryl methyl sites for hydroxylation is 1. The van der Waals surface area contributed by atoms with Crippen LogP contribution in [0.25, 0.3) is 16.2 Å². The molecule has 1 aliphatic rings. The lowest BCUT2D eigenvalue weighted by atomic mass is 10.1. The zero-order valence-corrected chi connectivity index (χ0v) is 18.3. The van der Waals surface area contributed by atoms with Crippen molar-refractivity contribution in [3.63, 3.8) is 0 Å². The quantitative estimate of drug-likeness (QED) is 0.461. The summed E-state index contributed by atoms with van der Waals surface area (Å²) >= 11 is 1.57. The third-order valence-electron chi connectivity index (χ3n) is 5.19. The fourth-order valence-electron chi connectivity index (χ4n) is 3.29. The van der Waals surface area contributed by atoms with Gasteiger partial charge in [-0.2, -0.15) is 0 Å². The SMILES string of the molecule is Cc1ccc(S(=O)(=O)NC2CC2)cc1C(=O)Nc1ccc(-c2cn3ccsc3n2)cc1. The van der Waals surface area contributed by atoms with Gasteiger partial charge in [0.15, 0.2) is 4.96 Å². The molecule has 1 fully saturated rings. The highest BCUT2D eigenvalue weighted by molar-refractivity contribution is 7.89. The number of hydrogen-bond acceptors (Lipinski definition) is 5. The highest BCUT2D eigenvalue weighted by Gasteiger charge is 2.28. The van der Waals surface area contributed by atoms with E-state index in [2.05, 4.69) is 15.0 Å². The van der Waals surface area contributed by atoms with Crippen LogP contribution in [0.15, 0.2) is 65.1 Å². The Morgan fingerprint density at radius 2 is 1.94 bits per heavy atom. The van der Waals surface area contributed by atoms with Gasteiger partial charge in [-0.1, -0.05) is 18.2 Å². The molecule has 31 heavy (non-hydrogen) atoms. The van der Waals surface area contributed by atoms with Crippen molar-refractivity contribution >= 4 is 37.9 Å². The summed E-state index contributed by atoms with van der Waals surface area (Å²) in [5.41, 5.74) is 3.47. The van der Waals surface area contributed by atoms with Crippen molar-refractivity contribution in [2.24, 2.45) is 0 Å². The highest BCUT2D eigenvalue weighted by atomic mass is 32.2. The number of hydrogen-bond donors (Lipinski definition) is 2. The number of fused-ring (bicyclic) bond motifs is 1. The molecule has 0 aliphatic heterocycles. The predicted octanol–water partition coefficient (Wildman–Crippen LogP) is 4.06. The summed E-state index contributed by atoms with van der Waals surface area (Å²) in [6, 6.07) is 12.0. The van der Waals surface area contributed by atoms with Crippen LogP contribution in [0.2, 0.25) is 0 Å². The number of amides is 1. The molecule has 0 bridgehead atoms. The summed E-state index contributed by atoms with van der Waals surface area (Å²) in [4.78, 5) is 18.5. The third kappa shape index (κ3) is 4.12. The number of imidazole rings is 1. The normalized spacial score (nSPS) is 14.1. The second-order valence-electron chi connectivity index (χ2n) is 7.62. The standard InChI is InChI=1S/C22H20N4O3S2/c1-14-2-9-18(31(28,29)25-17-7-8-17)12-19(14)21(27)23-16-5-3-15(4-6-16)20-13-26-10-11-30-22(26)24-20/h2-6,9-13,17,25H,7-8H2,1H3,(H,23,27). The zero-order valence-electron chi connectivity index (χ0n) is 16.7. The maximum Gasteiger partial charge on any atom is 0.255 e. The second kappa shape index (κ2) is 7.60. The molecule has 4 aromatic rings. The number of carbonyl (C=O) groups excluding carboxylic acids is 1. The van der Waals surface area contributed by atoms with E-state index in [4.69, 9.17) is 0 Å². The van der Waals surface area contributed by atoms with E-state index >= 15 is 0 Å². The molecule has 1 saturated carbocycles. The van der Waals surface area contributed by atoms with Crippen molar-refractivity contribution in [3.8, 4) is 11.3 Å². The summed E-state index contributed by atoms with van der Waals surface area (Å²) in [5.74, 6) is -0.351. The van der Waals surface area contributed by atoms with Crippen LogP contribution < -0.4 is 10.0 Å². The van der Waals surface area contributed by atoms with Crippen LogP contribution >= 0.6 is 11.3 Å². The maximum atomic E-state index is 12.8. The largest absolute Gasteiger partial charge is 0.322 e. The van der Waals surface area contributed by atoms with Gasteiger partial charge in [-0.25, -0.2) is 18.1 Å². The number of aromatic nitrogens is 2. The molecule has 2 aromatic heterocycles. The first-order chi connectivity index (χ1) is 14.9. The summed E-state index contributed by atoms with van der Waals surface area (Å²) < 4.78 is 29.6. The second-order valence-corrected chi connectivity index (χ2v) is 10.2. The molecular formula is C22H20N4O3S2. The first-order valence-corrected chi connectivity index (χ1v) is 12.2. The Hall–Kier alpha value is -3.01. The first kappa shape index (κ1) is 19.9. The Labute approximate surface area is 183 Å². The number of benzene rings is 2. The number of thiazole rings is 1. The molecule has 1 aliphatic carbocycles. The van der Waals surface area contributed by atoms with Gasteiger partial charge in [0, 0.05) is 40.6 Å².